The van der Waals surface area contributed by atoms with Gasteiger partial charge in [-0.05, 0) is 47.1 Å². The number of nitrogens with zero attached hydrogens (tertiary/aromatic N) is 1. The molecule has 27 heavy (non-hydrogen) atoms. The van der Waals surface area contributed by atoms with Gasteiger partial charge >= 0.3 is 0 Å². The maximum atomic E-state index is 6.07. The van der Waals surface area contributed by atoms with Crippen LogP contribution in [0.4, 0.5) is 0 Å². The average molecular weight is 481 g/mol. The molecule has 2 aromatic carbocycles. The Bertz CT molecular complexity index is 783. The molecule has 1 aliphatic carbocycles. The molecule has 2 aromatic rings. The molecule has 0 saturated heterocycles. The third-order valence-corrected chi connectivity index (χ3v) is 4.93. The first-order valence-electron chi connectivity index (χ1n) is 8.84. The minimum Gasteiger partial charge on any atom is -0.493 e. The summed E-state index contributed by atoms with van der Waals surface area (Å²) in [5.74, 6) is 1.87. The molecule has 0 unspecified atom stereocenters. The van der Waals surface area contributed by atoms with Crippen LogP contribution in [0.1, 0.15) is 23.6 Å². The van der Waals surface area contributed by atoms with Crippen LogP contribution in [-0.2, 0) is 19.4 Å². The maximum absolute atomic E-state index is 6.07. The zero-order valence-electron chi connectivity index (χ0n) is 16.1. The number of hydrogen-bond donors (Lipinski definition) is 2. The Labute approximate surface area is 178 Å². The van der Waals surface area contributed by atoms with Crippen LogP contribution < -0.4 is 20.5 Å². The van der Waals surface area contributed by atoms with E-state index in [-0.39, 0.29) is 29.4 Å². The number of nitrogens with one attached hydrogen (secondary N) is 1. The minimum absolute atomic E-state index is 0. The fourth-order valence-electron chi connectivity index (χ4n) is 3.52. The molecular weight excluding hydrogens is 453 g/mol. The van der Waals surface area contributed by atoms with Gasteiger partial charge in [0.2, 0.25) is 0 Å². The predicted molar refractivity (Wildman–Crippen MR) is 120 cm³/mol. The minimum atomic E-state index is 0. The van der Waals surface area contributed by atoms with Crippen molar-refractivity contribution >= 4 is 29.9 Å². The van der Waals surface area contributed by atoms with Gasteiger partial charge in [0.1, 0.15) is 0 Å². The molecule has 0 heterocycles. The Balaban J connectivity index is 0.00000261. The molecule has 3 rings (SSSR count). The number of rotatable bonds is 6. The van der Waals surface area contributed by atoms with E-state index < -0.39 is 0 Å². The number of halogens is 1. The molecule has 0 saturated carbocycles. The van der Waals surface area contributed by atoms with E-state index in [0.717, 1.165) is 24.9 Å². The second-order valence-corrected chi connectivity index (χ2v) is 7.18. The number of ether oxygens (including phenoxy) is 2. The summed E-state index contributed by atoms with van der Waals surface area (Å²) in [6.07, 6.45) is 2.14. The molecule has 0 atom stereocenters. The smallest absolute Gasteiger partial charge is 0.188 e. The van der Waals surface area contributed by atoms with Crippen molar-refractivity contribution < 1.29 is 9.47 Å². The van der Waals surface area contributed by atoms with Gasteiger partial charge in [0.05, 0.1) is 20.8 Å². The van der Waals surface area contributed by atoms with Crippen molar-refractivity contribution in [2.24, 2.45) is 16.1 Å². The Morgan fingerprint density at radius 1 is 1.07 bits per heavy atom. The van der Waals surface area contributed by atoms with Crippen LogP contribution in [0, 0.1) is 5.41 Å². The molecule has 5 nitrogen and oxygen atoms in total. The number of benzene rings is 2. The Hall–Kier alpha value is -1.96. The van der Waals surface area contributed by atoms with Gasteiger partial charge < -0.3 is 20.5 Å². The summed E-state index contributed by atoms with van der Waals surface area (Å²) in [6, 6.07) is 14.4. The highest BCUT2D eigenvalue weighted by Crippen LogP contribution is 2.35. The van der Waals surface area contributed by atoms with Crippen LogP contribution >= 0.6 is 24.0 Å². The second kappa shape index (κ2) is 9.30. The highest BCUT2D eigenvalue weighted by Gasteiger charge is 2.32. The van der Waals surface area contributed by atoms with E-state index in [9.17, 15) is 0 Å². The van der Waals surface area contributed by atoms with E-state index in [1.165, 1.54) is 11.1 Å². The van der Waals surface area contributed by atoms with Crippen molar-refractivity contribution in [1.82, 2.24) is 5.32 Å². The summed E-state index contributed by atoms with van der Waals surface area (Å²) in [6.45, 7) is 3.60. The molecule has 0 aromatic heterocycles. The summed E-state index contributed by atoms with van der Waals surface area (Å²) in [5, 5.41) is 3.29. The van der Waals surface area contributed by atoms with Gasteiger partial charge in [-0.25, -0.2) is 4.99 Å². The topological polar surface area (TPSA) is 68.9 Å². The number of nitrogens with two attached hydrogens (primary N) is 1. The fraction of sp³-hybridized carbons (Fsp3) is 0.381. The van der Waals surface area contributed by atoms with Gasteiger partial charge in [0.25, 0.3) is 0 Å². The van der Waals surface area contributed by atoms with Crippen LogP contribution in [0.2, 0.25) is 0 Å². The first-order valence-corrected chi connectivity index (χ1v) is 8.84. The number of aliphatic imine (C=N–C) groups is 1. The van der Waals surface area contributed by atoms with Gasteiger partial charge in [-0.2, -0.15) is 0 Å². The van der Waals surface area contributed by atoms with Crippen molar-refractivity contribution in [2.75, 3.05) is 20.8 Å². The highest BCUT2D eigenvalue weighted by atomic mass is 127. The molecule has 0 aliphatic heterocycles. The molecular formula is C21H28IN3O2. The summed E-state index contributed by atoms with van der Waals surface area (Å²) < 4.78 is 10.6. The highest BCUT2D eigenvalue weighted by molar-refractivity contribution is 14.0. The third kappa shape index (κ3) is 5.28. The molecule has 0 radical (unpaired) electrons. The van der Waals surface area contributed by atoms with Gasteiger partial charge in [-0.3, -0.25) is 0 Å². The van der Waals surface area contributed by atoms with E-state index in [1.54, 1.807) is 14.2 Å². The Morgan fingerprint density at radius 2 is 1.70 bits per heavy atom. The fourth-order valence-corrected chi connectivity index (χ4v) is 3.52. The van der Waals surface area contributed by atoms with Crippen molar-refractivity contribution in [1.29, 1.82) is 0 Å². The molecule has 0 bridgehead atoms. The summed E-state index contributed by atoms with van der Waals surface area (Å²) in [4.78, 5) is 4.45. The number of fused-ring (bicyclic) bond motifs is 1. The quantitative estimate of drug-likeness (QED) is 0.377. The Kier molecular flexibility index (Phi) is 7.35. The normalized spacial score (nSPS) is 14.9. The van der Waals surface area contributed by atoms with Gasteiger partial charge in [-0.1, -0.05) is 37.3 Å². The summed E-state index contributed by atoms with van der Waals surface area (Å²) in [5.41, 5.74) is 10.2. The number of hydrogen-bond acceptors (Lipinski definition) is 3. The molecule has 0 spiro atoms. The first kappa shape index (κ1) is 21.3. The van der Waals surface area contributed by atoms with Crippen molar-refractivity contribution in [3.05, 3.63) is 59.2 Å². The average Bonchev–Trinajstić information content (AvgIpc) is 3.01. The van der Waals surface area contributed by atoms with Crippen molar-refractivity contribution in [3.63, 3.8) is 0 Å². The molecule has 3 N–H and O–H groups in total. The Morgan fingerprint density at radius 3 is 2.30 bits per heavy atom. The van der Waals surface area contributed by atoms with Gasteiger partial charge in [0, 0.05) is 6.54 Å². The lowest BCUT2D eigenvalue weighted by molar-refractivity contribution is 0.343. The van der Waals surface area contributed by atoms with Crippen molar-refractivity contribution in [2.45, 2.75) is 26.3 Å². The van der Waals surface area contributed by atoms with Crippen molar-refractivity contribution in [3.8, 4) is 11.5 Å². The monoisotopic (exact) mass is 481 g/mol. The first-order chi connectivity index (χ1) is 12.5. The second-order valence-electron chi connectivity index (χ2n) is 7.18. The molecule has 146 valence electrons. The van der Waals surface area contributed by atoms with Crippen LogP contribution in [-0.4, -0.2) is 26.7 Å². The van der Waals surface area contributed by atoms with E-state index in [2.05, 4.69) is 41.5 Å². The predicted octanol–water partition coefficient (Wildman–Crippen LogP) is 3.53. The lowest BCUT2D eigenvalue weighted by atomic mass is 9.87. The SMILES string of the molecule is COc1ccc(CN=C(N)NCC2(C)Cc3ccccc3C2)cc1OC.I. The molecule has 0 fully saturated rings. The largest absolute Gasteiger partial charge is 0.493 e. The van der Waals surface area contributed by atoms with Crippen LogP contribution in [0.15, 0.2) is 47.5 Å². The number of guanidine groups is 1. The van der Waals surface area contributed by atoms with E-state index in [4.69, 9.17) is 15.2 Å². The van der Waals surface area contributed by atoms with Crippen LogP contribution in [0.25, 0.3) is 0 Å². The zero-order valence-corrected chi connectivity index (χ0v) is 18.4. The van der Waals surface area contributed by atoms with E-state index in [1.807, 2.05) is 18.2 Å². The van der Waals surface area contributed by atoms with Gasteiger partial charge in [-0.15, -0.1) is 24.0 Å². The van der Waals surface area contributed by atoms with E-state index in [0.29, 0.717) is 24.0 Å². The lowest BCUT2D eigenvalue weighted by Crippen LogP contribution is -2.40. The zero-order chi connectivity index (χ0) is 18.6. The summed E-state index contributed by atoms with van der Waals surface area (Å²) in [7, 11) is 3.25. The lowest BCUT2D eigenvalue weighted by Gasteiger charge is -2.24. The molecule has 0 amide bonds. The molecule has 1 aliphatic rings. The molecule has 6 heteroatoms. The van der Waals surface area contributed by atoms with Gasteiger partial charge in [0.15, 0.2) is 17.5 Å². The number of methoxy groups -OCH3 is 2. The van der Waals surface area contributed by atoms with Crippen LogP contribution in [0.5, 0.6) is 11.5 Å². The van der Waals surface area contributed by atoms with E-state index >= 15 is 0 Å². The maximum Gasteiger partial charge on any atom is 0.188 e. The summed E-state index contributed by atoms with van der Waals surface area (Å²) >= 11 is 0. The van der Waals surface area contributed by atoms with Crippen LogP contribution in [0.3, 0.4) is 0 Å². The standard InChI is InChI=1S/C21H27N3O2.HI/c1-21(11-16-6-4-5-7-17(16)12-21)14-24-20(22)23-13-15-8-9-18(25-2)19(10-15)26-3;/h4-10H,11-14H2,1-3H3,(H3,22,23,24);1H. The third-order valence-electron chi connectivity index (χ3n) is 4.93.